The summed E-state index contributed by atoms with van der Waals surface area (Å²) in [4.78, 5) is 10.7. The van der Waals surface area contributed by atoms with E-state index in [1.54, 1.807) is 4.57 Å². The molecule has 1 aromatic rings. The largest absolute Gasteiger partial charge is 0.490 e. The van der Waals surface area contributed by atoms with Crippen LogP contribution in [0.1, 0.15) is 24.7 Å². The number of aromatic nitrogens is 3. The first-order chi connectivity index (χ1) is 8.39. The minimum Gasteiger partial charge on any atom is -0.448 e. The van der Waals surface area contributed by atoms with Gasteiger partial charge < -0.3 is 14.6 Å². The van der Waals surface area contributed by atoms with Crippen LogP contribution in [0.5, 0.6) is 0 Å². The smallest absolute Gasteiger partial charge is 0.448 e. The number of carbonyl (C=O) groups is 1. The van der Waals surface area contributed by atoms with E-state index in [1.807, 2.05) is 0 Å². The number of hydrogen-bond acceptors (Lipinski definition) is 5. The van der Waals surface area contributed by atoms with Crippen LogP contribution >= 0.6 is 0 Å². The number of esters is 1. The number of fused-ring (bicyclic) bond motifs is 1. The van der Waals surface area contributed by atoms with Gasteiger partial charge in [0.05, 0.1) is 6.54 Å². The fourth-order valence-corrected chi connectivity index (χ4v) is 1.70. The second-order valence-corrected chi connectivity index (χ2v) is 3.85. The molecular formula is C9H11F3N4O2. The van der Waals surface area contributed by atoms with E-state index in [0.29, 0.717) is 25.5 Å². The van der Waals surface area contributed by atoms with Crippen molar-refractivity contribution in [3.8, 4) is 0 Å². The van der Waals surface area contributed by atoms with Crippen LogP contribution in [0.15, 0.2) is 0 Å². The van der Waals surface area contributed by atoms with Gasteiger partial charge in [-0.15, -0.1) is 10.2 Å². The normalized spacial score (nSPS) is 17.1. The highest BCUT2D eigenvalue weighted by atomic mass is 19.4. The van der Waals surface area contributed by atoms with Gasteiger partial charge in [0.1, 0.15) is 5.82 Å². The average Bonchev–Trinajstić information content (AvgIpc) is 2.71. The lowest BCUT2D eigenvalue weighted by Gasteiger charge is -2.19. The first-order valence-corrected chi connectivity index (χ1v) is 5.30. The monoisotopic (exact) mass is 264 g/mol. The fourth-order valence-electron chi connectivity index (χ4n) is 1.70. The molecule has 0 aliphatic carbocycles. The van der Waals surface area contributed by atoms with Crippen LogP contribution < -0.4 is 5.32 Å². The molecule has 0 saturated heterocycles. The fraction of sp³-hybridized carbons (Fsp3) is 0.667. The summed E-state index contributed by atoms with van der Waals surface area (Å²) in [7, 11) is 0. The summed E-state index contributed by atoms with van der Waals surface area (Å²) >= 11 is 0. The minimum atomic E-state index is -5.00. The number of nitrogens with zero attached hydrogens (tertiary/aromatic N) is 3. The van der Waals surface area contributed by atoms with Gasteiger partial charge in [0.15, 0.2) is 11.9 Å². The molecule has 0 saturated carbocycles. The molecule has 9 heteroatoms. The first-order valence-electron chi connectivity index (χ1n) is 5.30. The molecule has 6 nitrogen and oxygen atoms in total. The number of alkyl halides is 3. The van der Waals surface area contributed by atoms with Crippen LogP contribution in [0.2, 0.25) is 0 Å². The molecule has 1 unspecified atom stereocenters. The van der Waals surface area contributed by atoms with E-state index in [2.05, 4.69) is 20.3 Å². The van der Waals surface area contributed by atoms with E-state index >= 15 is 0 Å². The lowest BCUT2D eigenvalue weighted by Crippen LogP contribution is -2.31. The number of carbonyl (C=O) groups excluding carboxylic acids is 1. The van der Waals surface area contributed by atoms with E-state index < -0.39 is 18.2 Å². The maximum atomic E-state index is 12.1. The van der Waals surface area contributed by atoms with E-state index in [-0.39, 0.29) is 5.82 Å². The Balaban J connectivity index is 2.12. The summed E-state index contributed by atoms with van der Waals surface area (Å²) in [6.45, 7) is 3.03. The predicted molar refractivity (Wildman–Crippen MR) is 52.3 cm³/mol. The minimum absolute atomic E-state index is 0.226. The molecule has 0 radical (unpaired) electrons. The zero-order chi connectivity index (χ0) is 13.3. The lowest BCUT2D eigenvalue weighted by atomic mass is 10.3. The summed E-state index contributed by atoms with van der Waals surface area (Å²) < 4.78 is 42.2. The van der Waals surface area contributed by atoms with Gasteiger partial charge in [-0.3, -0.25) is 0 Å². The standard InChI is InChI=1S/C9H11F3N4O2/c1-5(18-8(17)9(10,11)12)7-15-14-6-4-13-2-3-16(6)7/h5,13H,2-4H2,1H3. The summed E-state index contributed by atoms with van der Waals surface area (Å²) in [5.74, 6) is -1.38. The van der Waals surface area contributed by atoms with Crippen LogP contribution in [0.3, 0.4) is 0 Å². The molecule has 2 heterocycles. The van der Waals surface area contributed by atoms with Crippen LogP contribution in [0.4, 0.5) is 13.2 Å². The van der Waals surface area contributed by atoms with Crippen molar-refractivity contribution in [3.63, 3.8) is 0 Å². The highest BCUT2D eigenvalue weighted by Gasteiger charge is 2.42. The number of hydrogen-bond donors (Lipinski definition) is 1. The average molecular weight is 264 g/mol. The van der Waals surface area contributed by atoms with Gasteiger partial charge >= 0.3 is 12.1 Å². The third-order valence-electron chi connectivity index (χ3n) is 2.53. The number of ether oxygens (including phenoxy) is 1. The Kier molecular flexibility index (Phi) is 3.24. The number of rotatable bonds is 2. The molecule has 1 aliphatic heterocycles. The molecule has 0 spiro atoms. The Hall–Kier alpha value is -1.64. The molecule has 100 valence electrons. The predicted octanol–water partition coefficient (Wildman–Crippen LogP) is 0.548. The van der Waals surface area contributed by atoms with Gasteiger partial charge in [0.25, 0.3) is 0 Å². The zero-order valence-corrected chi connectivity index (χ0v) is 9.49. The van der Waals surface area contributed by atoms with Crippen molar-refractivity contribution in [1.29, 1.82) is 0 Å². The van der Waals surface area contributed by atoms with E-state index in [1.165, 1.54) is 6.92 Å². The lowest BCUT2D eigenvalue weighted by molar-refractivity contribution is -0.205. The van der Waals surface area contributed by atoms with E-state index in [0.717, 1.165) is 0 Å². The molecule has 1 N–H and O–H groups in total. The Morgan fingerprint density at radius 3 is 2.89 bits per heavy atom. The van der Waals surface area contributed by atoms with Crippen molar-refractivity contribution in [2.75, 3.05) is 6.54 Å². The summed E-state index contributed by atoms with van der Waals surface area (Å²) in [6.07, 6.45) is -6.08. The third-order valence-corrected chi connectivity index (χ3v) is 2.53. The Morgan fingerprint density at radius 2 is 2.22 bits per heavy atom. The van der Waals surface area contributed by atoms with Gasteiger partial charge in [0, 0.05) is 13.1 Å². The third kappa shape index (κ3) is 2.45. The topological polar surface area (TPSA) is 69.0 Å². The van der Waals surface area contributed by atoms with Crippen LogP contribution in [0, 0.1) is 0 Å². The maximum absolute atomic E-state index is 12.1. The second-order valence-electron chi connectivity index (χ2n) is 3.85. The van der Waals surface area contributed by atoms with Crippen LogP contribution in [0.25, 0.3) is 0 Å². The zero-order valence-electron chi connectivity index (χ0n) is 9.49. The van der Waals surface area contributed by atoms with Crippen LogP contribution in [-0.2, 0) is 22.6 Å². The van der Waals surface area contributed by atoms with Crippen molar-refractivity contribution in [2.24, 2.45) is 0 Å². The van der Waals surface area contributed by atoms with Gasteiger partial charge in [-0.1, -0.05) is 0 Å². The van der Waals surface area contributed by atoms with Crippen molar-refractivity contribution in [1.82, 2.24) is 20.1 Å². The van der Waals surface area contributed by atoms with Gasteiger partial charge in [0.2, 0.25) is 0 Å². The number of halogens is 3. The molecule has 0 fully saturated rings. The van der Waals surface area contributed by atoms with Gasteiger partial charge in [-0.25, -0.2) is 4.79 Å². The molecule has 0 bridgehead atoms. The van der Waals surface area contributed by atoms with Crippen LogP contribution in [-0.4, -0.2) is 33.5 Å². The SMILES string of the molecule is CC(OC(=O)C(F)(F)F)c1nnc2n1CCNC2. The number of nitrogens with one attached hydrogen (secondary N) is 1. The Bertz CT molecular complexity index is 457. The molecule has 1 aromatic heterocycles. The molecular weight excluding hydrogens is 253 g/mol. The first kappa shape index (κ1) is 12.8. The molecule has 0 amide bonds. The van der Waals surface area contributed by atoms with Gasteiger partial charge in [-0.05, 0) is 6.92 Å². The molecule has 18 heavy (non-hydrogen) atoms. The summed E-state index contributed by atoms with van der Waals surface area (Å²) in [5, 5.41) is 10.6. The molecule has 1 aliphatic rings. The van der Waals surface area contributed by atoms with Gasteiger partial charge in [-0.2, -0.15) is 13.2 Å². The highest BCUT2D eigenvalue weighted by molar-refractivity contribution is 5.75. The highest BCUT2D eigenvalue weighted by Crippen LogP contribution is 2.23. The molecule has 2 rings (SSSR count). The molecule has 1 atom stereocenters. The summed E-state index contributed by atoms with van der Waals surface area (Å²) in [6, 6.07) is 0. The van der Waals surface area contributed by atoms with Crippen molar-refractivity contribution < 1.29 is 22.7 Å². The summed E-state index contributed by atoms with van der Waals surface area (Å²) in [5.41, 5.74) is 0. The van der Waals surface area contributed by atoms with Crippen molar-refractivity contribution in [3.05, 3.63) is 11.6 Å². The molecule has 0 aromatic carbocycles. The quantitative estimate of drug-likeness (QED) is 0.790. The Labute approximate surface area is 100 Å². The van der Waals surface area contributed by atoms with Crippen molar-refractivity contribution >= 4 is 5.97 Å². The Morgan fingerprint density at radius 1 is 1.50 bits per heavy atom. The van der Waals surface area contributed by atoms with E-state index in [4.69, 9.17) is 0 Å². The maximum Gasteiger partial charge on any atom is 0.490 e. The van der Waals surface area contributed by atoms with E-state index in [9.17, 15) is 18.0 Å². The second kappa shape index (κ2) is 4.56. The van der Waals surface area contributed by atoms with Crippen molar-refractivity contribution in [2.45, 2.75) is 32.3 Å².